The second-order valence-electron chi connectivity index (χ2n) is 10.4. The third-order valence-corrected chi connectivity index (χ3v) is 8.00. The van der Waals surface area contributed by atoms with Gasteiger partial charge in [0.05, 0.1) is 11.6 Å². The predicted octanol–water partition coefficient (Wildman–Crippen LogP) is 5.65. The molecule has 3 aromatic rings. The van der Waals surface area contributed by atoms with E-state index < -0.39 is 11.6 Å². The molecular weight excluding hydrogens is 448 g/mol. The molecule has 1 unspecified atom stereocenters. The van der Waals surface area contributed by atoms with Crippen LogP contribution >= 0.6 is 0 Å². The average molecular weight is 480 g/mol. The summed E-state index contributed by atoms with van der Waals surface area (Å²) >= 11 is 0. The van der Waals surface area contributed by atoms with Gasteiger partial charge in [0.1, 0.15) is 17.3 Å². The maximum Gasteiger partial charge on any atom is 0.270 e. The molecule has 2 heterocycles. The number of H-pyrrole nitrogens is 1. The van der Waals surface area contributed by atoms with Crippen LogP contribution < -0.4 is 5.32 Å². The van der Waals surface area contributed by atoms with Crippen molar-refractivity contribution in [3.05, 3.63) is 70.9 Å². The van der Waals surface area contributed by atoms with Crippen molar-refractivity contribution in [2.45, 2.75) is 52.0 Å². The summed E-state index contributed by atoms with van der Waals surface area (Å²) in [6.07, 6.45) is 4.40. The molecule has 1 saturated carbocycles. The van der Waals surface area contributed by atoms with Crippen molar-refractivity contribution in [3.63, 3.8) is 0 Å². The van der Waals surface area contributed by atoms with Crippen molar-refractivity contribution in [2.75, 3.05) is 13.1 Å². The Balaban J connectivity index is 1.18. The quantitative estimate of drug-likeness (QED) is 0.508. The molecule has 5 rings (SSSR count). The third kappa shape index (κ3) is 4.68. The minimum absolute atomic E-state index is 0.00303. The number of carbonyl (C=O) groups is 2. The molecular formula is C28H31F2N3O2. The molecule has 1 aliphatic heterocycles. The van der Waals surface area contributed by atoms with Crippen LogP contribution in [-0.4, -0.2) is 34.8 Å². The third-order valence-electron chi connectivity index (χ3n) is 8.00. The normalized spacial score (nSPS) is 20.3. The molecule has 5 nitrogen and oxygen atoms in total. The highest BCUT2D eigenvalue weighted by Crippen LogP contribution is 2.49. The molecule has 2 aliphatic rings. The van der Waals surface area contributed by atoms with Crippen molar-refractivity contribution in [1.82, 2.24) is 15.2 Å². The van der Waals surface area contributed by atoms with Gasteiger partial charge in [0, 0.05) is 30.5 Å². The second kappa shape index (κ2) is 9.10. The Kier molecular flexibility index (Phi) is 6.11. The van der Waals surface area contributed by atoms with Gasteiger partial charge in [-0.25, -0.2) is 8.78 Å². The van der Waals surface area contributed by atoms with Gasteiger partial charge in [0.25, 0.3) is 5.91 Å². The number of aromatic amines is 1. The smallest absolute Gasteiger partial charge is 0.270 e. The van der Waals surface area contributed by atoms with Crippen molar-refractivity contribution in [3.8, 4) is 0 Å². The Labute approximate surface area is 203 Å². The molecule has 1 aromatic heterocycles. The molecule has 1 saturated heterocycles. The molecule has 0 radical (unpaired) electrons. The molecule has 2 N–H and O–H groups in total. The second-order valence-corrected chi connectivity index (χ2v) is 10.4. The minimum Gasteiger partial charge on any atom is -0.350 e. The minimum atomic E-state index is -0.681. The van der Waals surface area contributed by atoms with Crippen LogP contribution in [0.25, 0.3) is 10.9 Å². The van der Waals surface area contributed by atoms with Crippen molar-refractivity contribution < 1.29 is 18.4 Å². The number of nitrogens with one attached hydrogen (secondary N) is 2. The summed E-state index contributed by atoms with van der Waals surface area (Å²) in [5.74, 6) is -1.45. The van der Waals surface area contributed by atoms with E-state index in [0.717, 1.165) is 43.7 Å². The number of carbonyl (C=O) groups excluding carboxylic acids is 2. The van der Waals surface area contributed by atoms with Gasteiger partial charge in [-0.1, -0.05) is 29.8 Å². The summed E-state index contributed by atoms with van der Waals surface area (Å²) in [7, 11) is 0. The van der Waals surface area contributed by atoms with E-state index in [1.54, 1.807) is 4.90 Å². The van der Waals surface area contributed by atoms with E-state index in [1.165, 1.54) is 17.7 Å². The summed E-state index contributed by atoms with van der Waals surface area (Å²) in [6, 6.07) is 11.7. The first kappa shape index (κ1) is 23.5. The number of hydrogen-bond donors (Lipinski definition) is 2. The maximum atomic E-state index is 14.0. The number of amides is 2. The number of fused-ring (bicyclic) bond motifs is 1. The number of benzene rings is 2. The summed E-state index contributed by atoms with van der Waals surface area (Å²) in [4.78, 5) is 30.7. The summed E-state index contributed by atoms with van der Waals surface area (Å²) in [5, 5.41) is 3.40. The Hall–Kier alpha value is -3.22. The number of piperidine rings is 1. The number of nitrogens with zero attached hydrogens (tertiary/aromatic N) is 1. The van der Waals surface area contributed by atoms with E-state index in [9.17, 15) is 18.4 Å². The zero-order valence-electron chi connectivity index (χ0n) is 20.2. The van der Waals surface area contributed by atoms with Crippen LogP contribution in [0.4, 0.5) is 8.78 Å². The van der Waals surface area contributed by atoms with E-state index >= 15 is 0 Å². The Bertz CT molecular complexity index is 1260. The van der Waals surface area contributed by atoms with Gasteiger partial charge in [0.15, 0.2) is 0 Å². The highest BCUT2D eigenvalue weighted by atomic mass is 19.1. The maximum absolute atomic E-state index is 14.0. The van der Waals surface area contributed by atoms with Crippen LogP contribution in [0.1, 0.15) is 66.7 Å². The highest BCUT2D eigenvalue weighted by Gasteiger charge is 2.44. The summed E-state index contributed by atoms with van der Waals surface area (Å²) < 4.78 is 27.5. The lowest BCUT2D eigenvalue weighted by Gasteiger charge is -2.39. The monoisotopic (exact) mass is 479 g/mol. The molecule has 184 valence electrons. The molecule has 2 aromatic carbocycles. The topological polar surface area (TPSA) is 65.2 Å². The molecule has 2 amide bonds. The van der Waals surface area contributed by atoms with Gasteiger partial charge in [-0.15, -0.1) is 0 Å². The van der Waals surface area contributed by atoms with Crippen LogP contribution in [0.15, 0.2) is 42.5 Å². The summed E-state index contributed by atoms with van der Waals surface area (Å²) in [6.45, 7) is 5.25. The lowest BCUT2D eigenvalue weighted by atomic mass is 9.76. The number of aryl methyl sites for hydroxylation is 1. The number of likely N-dealkylation sites (tertiary alicyclic amines) is 1. The molecule has 7 heteroatoms. The zero-order valence-corrected chi connectivity index (χ0v) is 20.2. The first-order valence-corrected chi connectivity index (χ1v) is 12.4. The van der Waals surface area contributed by atoms with Gasteiger partial charge in [0.2, 0.25) is 5.91 Å². The fourth-order valence-corrected chi connectivity index (χ4v) is 5.78. The number of aromatic nitrogens is 1. The number of rotatable bonds is 4. The van der Waals surface area contributed by atoms with Gasteiger partial charge in [-0.2, -0.15) is 0 Å². The first-order chi connectivity index (χ1) is 16.7. The van der Waals surface area contributed by atoms with Crippen LogP contribution in [0.3, 0.4) is 0 Å². The SMILES string of the molecule is Cc1ccc([C@H](C)NC(=O)C2CCC3(CCN(C(=O)c4cc5c(F)cc(F)cc5[nH]4)CC3)C2)cc1. The Morgan fingerprint density at radius 2 is 1.80 bits per heavy atom. The fourth-order valence-electron chi connectivity index (χ4n) is 5.78. The Morgan fingerprint density at radius 3 is 2.51 bits per heavy atom. The zero-order chi connectivity index (χ0) is 24.7. The van der Waals surface area contributed by atoms with Gasteiger partial charge < -0.3 is 15.2 Å². The van der Waals surface area contributed by atoms with Crippen LogP contribution in [-0.2, 0) is 4.79 Å². The predicted molar refractivity (Wildman–Crippen MR) is 131 cm³/mol. The van der Waals surface area contributed by atoms with E-state index in [0.29, 0.717) is 13.1 Å². The van der Waals surface area contributed by atoms with Crippen molar-refractivity contribution >= 4 is 22.7 Å². The standard InChI is InChI=1S/C28H31F2N3O2/c1-17-3-5-19(6-4-17)18(2)31-26(34)20-7-8-28(16-20)9-11-33(12-10-28)27(35)25-15-22-23(30)13-21(29)14-24(22)32-25/h3-6,13-15,18,20,32H,7-12,16H2,1-2H3,(H,31,34)/t18-,20?/m0/s1. The summed E-state index contributed by atoms with van der Waals surface area (Å²) in [5.41, 5.74) is 2.93. The average Bonchev–Trinajstić information content (AvgIpc) is 3.44. The van der Waals surface area contributed by atoms with Crippen LogP contribution in [0.2, 0.25) is 0 Å². The van der Waals surface area contributed by atoms with E-state index in [4.69, 9.17) is 0 Å². The molecule has 2 atom stereocenters. The highest BCUT2D eigenvalue weighted by molar-refractivity contribution is 5.98. The number of halogens is 2. The first-order valence-electron chi connectivity index (χ1n) is 12.4. The molecule has 2 fully saturated rings. The van der Waals surface area contributed by atoms with Crippen LogP contribution in [0.5, 0.6) is 0 Å². The van der Waals surface area contributed by atoms with Crippen LogP contribution in [0, 0.1) is 29.9 Å². The fraction of sp³-hybridized carbons (Fsp3) is 0.429. The molecule has 1 spiro atoms. The van der Waals surface area contributed by atoms with Gasteiger partial charge in [-0.05, 0) is 69.1 Å². The molecule has 0 bridgehead atoms. The largest absolute Gasteiger partial charge is 0.350 e. The van der Waals surface area contributed by atoms with E-state index in [-0.39, 0.29) is 45.8 Å². The lowest BCUT2D eigenvalue weighted by molar-refractivity contribution is -0.125. The molecule has 1 aliphatic carbocycles. The lowest BCUT2D eigenvalue weighted by Crippen LogP contribution is -2.43. The molecule has 35 heavy (non-hydrogen) atoms. The number of hydrogen-bond acceptors (Lipinski definition) is 2. The van der Waals surface area contributed by atoms with Gasteiger partial charge >= 0.3 is 0 Å². The van der Waals surface area contributed by atoms with E-state index in [1.807, 2.05) is 13.8 Å². The van der Waals surface area contributed by atoms with Gasteiger partial charge in [-0.3, -0.25) is 9.59 Å². The van der Waals surface area contributed by atoms with Crippen molar-refractivity contribution in [2.24, 2.45) is 11.3 Å². The Morgan fingerprint density at radius 1 is 1.09 bits per heavy atom. The van der Waals surface area contributed by atoms with E-state index in [2.05, 4.69) is 34.6 Å². The van der Waals surface area contributed by atoms with Crippen molar-refractivity contribution in [1.29, 1.82) is 0 Å².